The van der Waals surface area contributed by atoms with Gasteiger partial charge in [0.15, 0.2) is 0 Å². The number of benzene rings is 5. The van der Waals surface area contributed by atoms with Crippen molar-refractivity contribution in [2.45, 2.75) is 47.0 Å². The molecule has 10 rings (SSSR count). The number of thiophene rings is 1. The number of hydrogen-bond acceptors (Lipinski definition) is 6. The molecule has 6 nitrogen and oxygen atoms in total. The normalized spacial score (nSPS) is 12.9. The van der Waals surface area contributed by atoms with E-state index in [-0.39, 0.29) is 26.5 Å². The zero-order valence-electron chi connectivity index (χ0n) is 31.9. The minimum absolute atomic E-state index is 0. The molecule has 0 fully saturated rings. The molecule has 5 aromatic carbocycles. The van der Waals surface area contributed by atoms with Gasteiger partial charge in [-0.3, -0.25) is 0 Å². The predicted octanol–water partition coefficient (Wildman–Crippen LogP) is 13.0. The van der Waals surface area contributed by atoms with Crippen molar-refractivity contribution in [2.24, 2.45) is 0 Å². The number of nitrogens with zero attached hydrogens (tertiary/aromatic N) is 5. The second-order valence-corrected chi connectivity index (χ2v) is 16.5. The molecule has 280 valence electrons. The number of para-hydroxylation sites is 1. The molecule has 9 aromatic rings. The SMILES string of the molecule is Cc1cc(C)c(N2[CH-]N(c3[c-]c(Oc4[c-]c5c(cc4)c4ccccc4n5-c4cc(C(C)(C)C)ccn4)cc4sc5ccccc5c34)c3ncccc32)c(C)c1.[Pt]. The van der Waals surface area contributed by atoms with E-state index in [2.05, 4.69) is 166 Å². The van der Waals surface area contributed by atoms with Crippen molar-refractivity contribution in [3.63, 3.8) is 0 Å². The van der Waals surface area contributed by atoms with Gasteiger partial charge in [0, 0.05) is 60.9 Å². The van der Waals surface area contributed by atoms with Gasteiger partial charge in [-0.15, -0.1) is 36.3 Å². The number of aryl methyl sites for hydroxylation is 3. The Morgan fingerprint density at radius 3 is 2.27 bits per heavy atom. The van der Waals surface area contributed by atoms with Gasteiger partial charge in [-0.1, -0.05) is 102 Å². The maximum absolute atomic E-state index is 6.79. The Balaban J connectivity index is 0.00000410. The molecule has 5 heterocycles. The number of anilines is 4. The van der Waals surface area contributed by atoms with Crippen molar-refractivity contribution in [3.8, 4) is 17.3 Å². The van der Waals surface area contributed by atoms with Crippen molar-refractivity contribution in [1.82, 2.24) is 14.5 Å². The van der Waals surface area contributed by atoms with Crippen LogP contribution >= 0.6 is 11.3 Å². The van der Waals surface area contributed by atoms with Crippen LogP contribution in [0.1, 0.15) is 43.0 Å². The third kappa shape index (κ3) is 5.88. The van der Waals surface area contributed by atoms with E-state index in [9.17, 15) is 0 Å². The van der Waals surface area contributed by atoms with Gasteiger partial charge >= 0.3 is 0 Å². The van der Waals surface area contributed by atoms with E-state index < -0.39 is 0 Å². The summed E-state index contributed by atoms with van der Waals surface area (Å²) in [6, 6.07) is 43.5. The number of fused-ring (bicyclic) bond motifs is 7. The molecule has 0 unspecified atom stereocenters. The summed E-state index contributed by atoms with van der Waals surface area (Å²) in [7, 11) is 0. The van der Waals surface area contributed by atoms with Crippen molar-refractivity contribution in [3.05, 3.63) is 157 Å². The number of hydrogen-bond donors (Lipinski definition) is 0. The van der Waals surface area contributed by atoms with Crippen LogP contribution in [0.3, 0.4) is 0 Å². The summed E-state index contributed by atoms with van der Waals surface area (Å²) in [5, 5.41) is 4.52. The average molecular weight is 928 g/mol. The molecular weight excluding hydrogens is 890 g/mol. The predicted molar refractivity (Wildman–Crippen MR) is 228 cm³/mol. The van der Waals surface area contributed by atoms with Crippen LogP contribution in [0.4, 0.5) is 22.9 Å². The number of rotatable bonds is 5. The van der Waals surface area contributed by atoms with Crippen LogP contribution in [0.5, 0.6) is 11.5 Å². The first kappa shape index (κ1) is 36.2. The first-order chi connectivity index (χ1) is 26.6. The number of aromatic nitrogens is 3. The molecular formula is C48H38N5OPtS-3. The quantitative estimate of drug-likeness (QED) is 0.161. The molecule has 0 aliphatic carbocycles. The summed E-state index contributed by atoms with van der Waals surface area (Å²) >= 11 is 1.76. The van der Waals surface area contributed by atoms with Gasteiger partial charge in [0.25, 0.3) is 0 Å². The minimum Gasteiger partial charge on any atom is -0.509 e. The van der Waals surface area contributed by atoms with Gasteiger partial charge < -0.3 is 19.1 Å². The van der Waals surface area contributed by atoms with E-state index in [1.54, 1.807) is 11.3 Å². The van der Waals surface area contributed by atoms with Crippen molar-refractivity contribution in [2.75, 3.05) is 9.80 Å². The zero-order valence-corrected chi connectivity index (χ0v) is 35.0. The smallest absolute Gasteiger partial charge is 0.135 e. The molecule has 0 bridgehead atoms. The van der Waals surface area contributed by atoms with Gasteiger partial charge in [0.2, 0.25) is 0 Å². The fraction of sp³-hybridized carbons (Fsp3) is 0.146. The van der Waals surface area contributed by atoms with E-state index in [1.807, 2.05) is 24.5 Å². The average Bonchev–Trinajstić information content (AvgIpc) is 3.84. The maximum atomic E-state index is 6.79. The van der Waals surface area contributed by atoms with Crippen molar-refractivity contribution < 1.29 is 25.8 Å². The zero-order chi connectivity index (χ0) is 37.6. The summed E-state index contributed by atoms with van der Waals surface area (Å²) in [4.78, 5) is 14.2. The Kier molecular flexibility index (Phi) is 8.79. The van der Waals surface area contributed by atoms with Gasteiger partial charge in [0.05, 0.1) is 5.69 Å². The Morgan fingerprint density at radius 1 is 0.696 bits per heavy atom. The Morgan fingerprint density at radius 2 is 1.46 bits per heavy atom. The first-order valence-corrected chi connectivity index (χ1v) is 19.4. The van der Waals surface area contributed by atoms with E-state index in [0.717, 1.165) is 60.6 Å². The van der Waals surface area contributed by atoms with E-state index in [1.165, 1.54) is 32.3 Å². The molecule has 0 radical (unpaired) electrons. The van der Waals surface area contributed by atoms with E-state index >= 15 is 0 Å². The molecule has 0 N–H and O–H groups in total. The van der Waals surface area contributed by atoms with Crippen LogP contribution in [-0.4, -0.2) is 14.5 Å². The molecule has 1 aliphatic heterocycles. The monoisotopic (exact) mass is 927 g/mol. The molecule has 0 amide bonds. The van der Waals surface area contributed by atoms with E-state index in [4.69, 9.17) is 14.7 Å². The second-order valence-electron chi connectivity index (χ2n) is 15.5. The summed E-state index contributed by atoms with van der Waals surface area (Å²) in [5.41, 5.74) is 9.89. The molecule has 8 heteroatoms. The van der Waals surface area contributed by atoms with Crippen LogP contribution in [0.2, 0.25) is 0 Å². The van der Waals surface area contributed by atoms with Gasteiger partial charge in [-0.25, -0.2) is 9.97 Å². The molecule has 4 aromatic heterocycles. The Hall–Kier alpha value is -5.49. The Labute approximate surface area is 345 Å². The van der Waals surface area contributed by atoms with Crippen LogP contribution in [0.15, 0.2) is 116 Å². The number of ether oxygens (including phenoxy) is 1. The molecule has 0 spiro atoms. The maximum Gasteiger partial charge on any atom is 0.135 e. The standard InChI is InChI=1S/C48H38N5OS.Pt/c1-29-22-30(2)46(31(3)23-29)51-28-52(47-39(51)15-11-20-50-47)41-26-34(27-43-45(41)37-13-8-10-16-42(37)55-43)54-33-17-18-36-35-12-7-9-14-38(35)53(40(36)25-33)44-24-32(19-21-49-44)48(4,5)6;/h7-24,27-28H,1-6H3;/q-3;. The van der Waals surface area contributed by atoms with E-state index in [0.29, 0.717) is 11.5 Å². The first-order valence-electron chi connectivity index (χ1n) is 18.6. The summed E-state index contributed by atoms with van der Waals surface area (Å²) in [5.74, 6) is 2.90. The topological polar surface area (TPSA) is 46.4 Å². The van der Waals surface area contributed by atoms with Crippen LogP contribution in [0, 0.1) is 39.6 Å². The Bertz CT molecular complexity index is 2970. The minimum atomic E-state index is -0.0230. The van der Waals surface area contributed by atoms with Crippen LogP contribution < -0.4 is 14.5 Å². The summed E-state index contributed by atoms with van der Waals surface area (Å²) < 4.78 is 11.3. The van der Waals surface area contributed by atoms with Gasteiger partial charge in [-0.2, -0.15) is 17.4 Å². The van der Waals surface area contributed by atoms with Crippen LogP contribution in [0.25, 0.3) is 47.8 Å². The fourth-order valence-corrected chi connectivity index (χ4v) is 9.30. The molecule has 0 saturated heterocycles. The molecule has 0 saturated carbocycles. The fourth-order valence-electron chi connectivity index (χ4n) is 8.17. The molecule has 1 aliphatic rings. The van der Waals surface area contributed by atoms with Gasteiger partial charge in [-0.05, 0) is 84.7 Å². The van der Waals surface area contributed by atoms with Crippen LogP contribution in [-0.2, 0) is 26.5 Å². The summed E-state index contributed by atoms with van der Waals surface area (Å²) in [6.07, 6.45) is 3.76. The number of pyridine rings is 2. The second kappa shape index (κ2) is 13.6. The van der Waals surface area contributed by atoms with Crippen molar-refractivity contribution >= 4 is 76.2 Å². The summed E-state index contributed by atoms with van der Waals surface area (Å²) in [6.45, 7) is 15.3. The largest absolute Gasteiger partial charge is 0.509 e. The third-order valence-electron chi connectivity index (χ3n) is 10.6. The molecule has 56 heavy (non-hydrogen) atoms. The molecule has 0 atom stereocenters. The third-order valence-corrected chi connectivity index (χ3v) is 11.7. The van der Waals surface area contributed by atoms with Crippen molar-refractivity contribution in [1.29, 1.82) is 0 Å². The van der Waals surface area contributed by atoms with Gasteiger partial charge in [0.1, 0.15) is 11.6 Å².